The highest BCUT2D eigenvalue weighted by molar-refractivity contribution is 7.13. The molecule has 29 heavy (non-hydrogen) atoms. The van der Waals surface area contributed by atoms with E-state index in [9.17, 15) is 4.79 Å². The molecule has 0 spiro atoms. The van der Waals surface area contributed by atoms with Crippen LogP contribution in [0.25, 0.3) is 10.8 Å². The van der Waals surface area contributed by atoms with Crippen molar-refractivity contribution in [3.05, 3.63) is 83.0 Å². The molecule has 7 heteroatoms. The van der Waals surface area contributed by atoms with Gasteiger partial charge in [0.15, 0.2) is 10.8 Å². The lowest BCUT2D eigenvalue weighted by Gasteiger charge is -2.07. The minimum absolute atomic E-state index is 0.119. The van der Waals surface area contributed by atoms with Crippen LogP contribution in [-0.2, 0) is 29.2 Å². The summed E-state index contributed by atoms with van der Waals surface area (Å²) in [5, 5.41) is 5.57. The Bertz CT molecular complexity index is 1080. The molecule has 3 heterocycles. The number of carbonyl (C=O) groups is 1. The Morgan fingerprint density at radius 2 is 2.10 bits per heavy atom. The highest BCUT2D eigenvalue weighted by Gasteiger charge is 2.12. The van der Waals surface area contributed by atoms with Crippen molar-refractivity contribution in [3.63, 3.8) is 0 Å². The van der Waals surface area contributed by atoms with Crippen LogP contribution in [0, 0.1) is 6.92 Å². The molecule has 4 aromatic rings. The summed E-state index contributed by atoms with van der Waals surface area (Å²) < 4.78 is 16.5. The van der Waals surface area contributed by atoms with Crippen LogP contribution in [0.5, 0.6) is 0 Å². The van der Waals surface area contributed by atoms with Gasteiger partial charge in [-0.2, -0.15) is 0 Å². The molecular formula is C22H20N2O4S. The molecule has 0 aliphatic heterocycles. The Morgan fingerprint density at radius 3 is 2.90 bits per heavy atom. The van der Waals surface area contributed by atoms with Gasteiger partial charge in [0.1, 0.15) is 18.1 Å². The number of benzene rings is 1. The maximum absolute atomic E-state index is 12.4. The fourth-order valence-corrected chi connectivity index (χ4v) is 3.60. The number of rotatable bonds is 8. The highest BCUT2D eigenvalue weighted by atomic mass is 32.1. The lowest BCUT2D eigenvalue weighted by Crippen LogP contribution is -2.14. The zero-order valence-electron chi connectivity index (χ0n) is 15.9. The van der Waals surface area contributed by atoms with Gasteiger partial charge in [-0.1, -0.05) is 12.1 Å². The molecular weight excluding hydrogens is 388 g/mol. The van der Waals surface area contributed by atoms with E-state index in [1.165, 1.54) is 11.3 Å². The van der Waals surface area contributed by atoms with E-state index < -0.39 is 0 Å². The predicted molar refractivity (Wildman–Crippen MR) is 111 cm³/mol. The summed E-state index contributed by atoms with van der Waals surface area (Å²) >= 11 is 1.47. The van der Waals surface area contributed by atoms with Gasteiger partial charge in [0.2, 0.25) is 5.91 Å². The van der Waals surface area contributed by atoms with E-state index in [0.717, 1.165) is 39.2 Å². The van der Waals surface area contributed by atoms with E-state index in [-0.39, 0.29) is 12.3 Å². The van der Waals surface area contributed by atoms with Gasteiger partial charge in [-0.3, -0.25) is 4.79 Å². The number of carbonyl (C=O) groups excluding carboxylic acids is 1. The first-order valence-corrected chi connectivity index (χ1v) is 10.0. The second kappa shape index (κ2) is 8.89. The molecule has 0 aliphatic carbocycles. The first-order valence-electron chi connectivity index (χ1n) is 9.16. The second-order valence-electron chi connectivity index (χ2n) is 6.55. The monoisotopic (exact) mass is 408 g/mol. The quantitative estimate of drug-likeness (QED) is 0.433. The summed E-state index contributed by atoms with van der Waals surface area (Å²) in [5.41, 5.74) is 2.42. The molecule has 148 valence electrons. The lowest BCUT2D eigenvalue weighted by molar-refractivity contribution is -0.115. The van der Waals surface area contributed by atoms with Gasteiger partial charge < -0.3 is 18.9 Å². The minimum atomic E-state index is -0.119. The van der Waals surface area contributed by atoms with E-state index in [4.69, 9.17) is 13.6 Å². The summed E-state index contributed by atoms with van der Waals surface area (Å²) in [6.45, 7) is 2.73. The maximum atomic E-state index is 12.4. The Kier molecular flexibility index (Phi) is 5.88. The first kappa shape index (κ1) is 19.2. The van der Waals surface area contributed by atoms with Crippen molar-refractivity contribution in [2.75, 3.05) is 5.32 Å². The molecule has 3 aromatic heterocycles. The molecule has 0 fully saturated rings. The summed E-state index contributed by atoms with van der Waals surface area (Å²) in [5.74, 6) is 2.22. The fraction of sp³-hybridized carbons (Fsp3) is 0.182. The Hall–Kier alpha value is -3.16. The van der Waals surface area contributed by atoms with Gasteiger partial charge in [-0.25, -0.2) is 4.98 Å². The van der Waals surface area contributed by atoms with Crippen molar-refractivity contribution in [2.45, 2.75) is 26.6 Å². The molecule has 1 aromatic carbocycles. The van der Waals surface area contributed by atoms with Crippen molar-refractivity contribution in [2.24, 2.45) is 0 Å². The molecule has 6 nitrogen and oxygen atoms in total. The van der Waals surface area contributed by atoms with E-state index >= 15 is 0 Å². The smallest absolute Gasteiger partial charge is 0.230 e. The van der Waals surface area contributed by atoms with Crippen LogP contribution in [0.2, 0.25) is 0 Å². The largest absolute Gasteiger partial charge is 0.467 e. The van der Waals surface area contributed by atoms with Gasteiger partial charge in [0, 0.05) is 11.1 Å². The molecule has 1 N–H and O–H groups in total. The van der Waals surface area contributed by atoms with Crippen LogP contribution in [-0.4, -0.2) is 10.9 Å². The number of nitrogens with one attached hydrogen (secondary N) is 1. The number of furan rings is 2. The fourth-order valence-electron chi connectivity index (χ4n) is 2.82. The number of hydrogen-bond donors (Lipinski definition) is 1. The Labute approximate surface area is 172 Å². The van der Waals surface area contributed by atoms with Crippen LogP contribution in [0.3, 0.4) is 0 Å². The van der Waals surface area contributed by atoms with E-state index in [1.807, 2.05) is 60.8 Å². The number of hydrogen-bond acceptors (Lipinski definition) is 6. The zero-order chi connectivity index (χ0) is 20.1. The molecule has 1 amide bonds. The molecule has 0 aliphatic rings. The average Bonchev–Trinajstić information content (AvgIpc) is 3.44. The second-order valence-corrected chi connectivity index (χ2v) is 7.41. The molecule has 4 rings (SSSR count). The van der Waals surface area contributed by atoms with E-state index in [1.54, 1.807) is 6.26 Å². The third-order valence-corrected chi connectivity index (χ3v) is 5.05. The van der Waals surface area contributed by atoms with Crippen molar-refractivity contribution < 1.29 is 18.4 Å². The summed E-state index contributed by atoms with van der Waals surface area (Å²) in [4.78, 5) is 16.9. The van der Waals surface area contributed by atoms with Crippen molar-refractivity contribution in [1.82, 2.24) is 4.98 Å². The number of thiazole rings is 1. The number of aryl methyl sites for hydroxylation is 1. The van der Waals surface area contributed by atoms with Gasteiger partial charge >= 0.3 is 0 Å². The first-order chi connectivity index (χ1) is 14.2. The maximum Gasteiger partial charge on any atom is 0.230 e. The number of amides is 1. The summed E-state index contributed by atoms with van der Waals surface area (Å²) in [7, 11) is 0. The van der Waals surface area contributed by atoms with Crippen LogP contribution >= 0.6 is 11.3 Å². The number of aromatic nitrogens is 1. The topological polar surface area (TPSA) is 77.5 Å². The Balaban J connectivity index is 1.31. The van der Waals surface area contributed by atoms with Crippen molar-refractivity contribution in [1.29, 1.82) is 0 Å². The number of anilines is 1. The SMILES string of the molecule is Cc1ccc(-c2nc(CC(=O)Nc3cccc(COCc4ccco4)c3)cs2)o1. The third kappa shape index (κ3) is 5.22. The lowest BCUT2D eigenvalue weighted by atomic mass is 10.2. The van der Waals surface area contributed by atoms with Crippen molar-refractivity contribution in [3.8, 4) is 10.8 Å². The Morgan fingerprint density at radius 1 is 1.17 bits per heavy atom. The standard InChI is InChI=1S/C22H20N2O4S/c1-15-7-8-20(28-15)22-24-18(14-29-22)11-21(25)23-17-5-2-4-16(10-17)12-26-13-19-6-3-9-27-19/h2-10,14H,11-13H2,1H3,(H,23,25). The summed E-state index contributed by atoms with van der Waals surface area (Å²) in [6, 6.07) is 15.1. The van der Waals surface area contributed by atoms with Crippen LogP contribution in [0.4, 0.5) is 5.69 Å². The number of nitrogens with zero attached hydrogens (tertiary/aromatic N) is 1. The molecule has 0 radical (unpaired) electrons. The normalized spacial score (nSPS) is 10.9. The molecule has 0 atom stereocenters. The molecule has 0 saturated heterocycles. The van der Waals surface area contributed by atoms with Gasteiger partial charge in [0.25, 0.3) is 0 Å². The van der Waals surface area contributed by atoms with Crippen molar-refractivity contribution >= 4 is 22.9 Å². The molecule has 0 bridgehead atoms. The zero-order valence-corrected chi connectivity index (χ0v) is 16.7. The van der Waals surface area contributed by atoms with Crippen LogP contribution in [0.1, 0.15) is 22.8 Å². The van der Waals surface area contributed by atoms with Crippen LogP contribution < -0.4 is 5.32 Å². The van der Waals surface area contributed by atoms with Crippen LogP contribution in [0.15, 0.2) is 69.0 Å². The van der Waals surface area contributed by atoms with E-state index in [0.29, 0.717) is 13.2 Å². The van der Waals surface area contributed by atoms with Gasteiger partial charge in [-0.15, -0.1) is 11.3 Å². The van der Waals surface area contributed by atoms with E-state index in [2.05, 4.69) is 10.3 Å². The predicted octanol–water partition coefficient (Wildman–Crippen LogP) is 5.20. The van der Waals surface area contributed by atoms with Gasteiger partial charge in [-0.05, 0) is 48.9 Å². The molecule has 0 unspecified atom stereocenters. The summed E-state index contributed by atoms with van der Waals surface area (Å²) in [6.07, 6.45) is 1.82. The third-order valence-electron chi connectivity index (χ3n) is 4.15. The minimum Gasteiger partial charge on any atom is -0.467 e. The number of ether oxygens (including phenoxy) is 1. The highest BCUT2D eigenvalue weighted by Crippen LogP contribution is 2.25. The molecule has 0 saturated carbocycles. The van der Waals surface area contributed by atoms with Gasteiger partial charge in [0.05, 0.1) is 25.0 Å². The average molecular weight is 408 g/mol.